The zero-order valence-electron chi connectivity index (χ0n) is 12.1. The summed E-state index contributed by atoms with van der Waals surface area (Å²) in [5.41, 5.74) is 5.42. The van der Waals surface area contributed by atoms with E-state index in [0.717, 1.165) is 5.75 Å². The number of hydrogen-bond acceptors (Lipinski definition) is 3. The second-order valence-corrected chi connectivity index (χ2v) is 6.45. The fourth-order valence-corrected chi connectivity index (χ4v) is 3.32. The average molecular weight is 267 g/mol. The number of nitrogens with one attached hydrogen (secondary N) is 1. The molecule has 0 aliphatic heterocycles. The SMILES string of the molecule is CNC(CSC(C)CO)c1c(C)cc(C)cc1C. The van der Waals surface area contributed by atoms with Crippen molar-refractivity contribution in [3.63, 3.8) is 0 Å². The van der Waals surface area contributed by atoms with Crippen LogP contribution < -0.4 is 5.32 Å². The van der Waals surface area contributed by atoms with E-state index in [-0.39, 0.29) is 6.61 Å². The second-order valence-electron chi connectivity index (χ2n) is 4.98. The summed E-state index contributed by atoms with van der Waals surface area (Å²) >= 11 is 1.81. The summed E-state index contributed by atoms with van der Waals surface area (Å²) in [5.74, 6) is 0.989. The van der Waals surface area contributed by atoms with Gasteiger partial charge in [-0.05, 0) is 44.5 Å². The Kier molecular flexibility index (Phi) is 6.19. The van der Waals surface area contributed by atoms with Crippen molar-refractivity contribution in [1.82, 2.24) is 5.32 Å². The molecule has 0 aliphatic rings. The van der Waals surface area contributed by atoms with Crippen molar-refractivity contribution in [3.8, 4) is 0 Å². The number of benzene rings is 1. The molecular formula is C15H25NOS. The lowest BCUT2D eigenvalue weighted by molar-refractivity contribution is 0.300. The topological polar surface area (TPSA) is 32.3 Å². The predicted octanol–water partition coefficient (Wildman–Crippen LogP) is 2.99. The lowest BCUT2D eigenvalue weighted by Gasteiger charge is -2.22. The molecule has 18 heavy (non-hydrogen) atoms. The molecule has 2 nitrogen and oxygen atoms in total. The molecule has 0 radical (unpaired) electrons. The van der Waals surface area contributed by atoms with Gasteiger partial charge in [-0.1, -0.05) is 24.6 Å². The number of aryl methyl sites for hydroxylation is 3. The van der Waals surface area contributed by atoms with Crippen LogP contribution in [0.25, 0.3) is 0 Å². The molecule has 0 saturated heterocycles. The molecule has 3 heteroatoms. The number of aliphatic hydroxyl groups excluding tert-OH is 1. The second kappa shape index (κ2) is 7.17. The van der Waals surface area contributed by atoms with Gasteiger partial charge in [0.15, 0.2) is 0 Å². The highest BCUT2D eigenvalue weighted by Crippen LogP contribution is 2.27. The molecule has 0 spiro atoms. The average Bonchev–Trinajstić information content (AvgIpc) is 2.31. The Labute approximate surface area is 115 Å². The highest BCUT2D eigenvalue weighted by Gasteiger charge is 2.16. The summed E-state index contributed by atoms with van der Waals surface area (Å²) in [6.07, 6.45) is 0. The van der Waals surface area contributed by atoms with Gasteiger partial charge in [-0.2, -0.15) is 11.8 Å². The maximum Gasteiger partial charge on any atom is 0.0547 e. The van der Waals surface area contributed by atoms with E-state index in [0.29, 0.717) is 11.3 Å². The molecule has 2 atom stereocenters. The van der Waals surface area contributed by atoms with Crippen molar-refractivity contribution in [1.29, 1.82) is 0 Å². The lowest BCUT2D eigenvalue weighted by Crippen LogP contribution is -2.22. The summed E-state index contributed by atoms with van der Waals surface area (Å²) in [6.45, 7) is 8.81. The van der Waals surface area contributed by atoms with Gasteiger partial charge in [-0.25, -0.2) is 0 Å². The molecule has 1 rings (SSSR count). The van der Waals surface area contributed by atoms with Crippen molar-refractivity contribution < 1.29 is 5.11 Å². The molecule has 0 aliphatic carbocycles. The monoisotopic (exact) mass is 267 g/mol. The van der Waals surface area contributed by atoms with Gasteiger partial charge in [0.25, 0.3) is 0 Å². The van der Waals surface area contributed by atoms with E-state index in [1.165, 1.54) is 22.3 Å². The molecular weight excluding hydrogens is 242 g/mol. The van der Waals surface area contributed by atoms with Gasteiger partial charge in [-0.3, -0.25) is 0 Å². The van der Waals surface area contributed by atoms with E-state index in [1.807, 2.05) is 18.8 Å². The molecule has 0 bridgehead atoms. The first kappa shape index (κ1) is 15.5. The van der Waals surface area contributed by atoms with Crippen LogP contribution in [0, 0.1) is 20.8 Å². The van der Waals surface area contributed by atoms with Crippen molar-refractivity contribution in [2.45, 2.75) is 39.0 Å². The minimum Gasteiger partial charge on any atom is -0.395 e. The smallest absolute Gasteiger partial charge is 0.0547 e. The molecule has 1 aromatic carbocycles. The number of hydrogen-bond donors (Lipinski definition) is 2. The van der Waals surface area contributed by atoms with Gasteiger partial charge in [0, 0.05) is 17.0 Å². The third kappa shape index (κ3) is 4.01. The minimum absolute atomic E-state index is 0.243. The number of thioether (sulfide) groups is 1. The van der Waals surface area contributed by atoms with E-state index >= 15 is 0 Å². The zero-order valence-corrected chi connectivity index (χ0v) is 12.9. The Hall–Kier alpha value is -0.510. The van der Waals surface area contributed by atoms with Crippen molar-refractivity contribution in [2.75, 3.05) is 19.4 Å². The van der Waals surface area contributed by atoms with Gasteiger partial charge in [0.2, 0.25) is 0 Å². The fourth-order valence-electron chi connectivity index (χ4n) is 2.37. The molecule has 0 fully saturated rings. The van der Waals surface area contributed by atoms with Crippen molar-refractivity contribution >= 4 is 11.8 Å². The van der Waals surface area contributed by atoms with Crippen LogP contribution >= 0.6 is 11.8 Å². The Bertz CT molecular complexity index is 369. The first-order valence-electron chi connectivity index (χ1n) is 6.47. The van der Waals surface area contributed by atoms with Crippen LogP contribution in [0.1, 0.15) is 35.2 Å². The summed E-state index contributed by atoms with van der Waals surface area (Å²) in [7, 11) is 2.01. The first-order valence-corrected chi connectivity index (χ1v) is 7.52. The molecule has 0 aromatic heterocycles. The van der Waals surface area contributed by atoms with Crippen molar-refractivity contribution in [3.05, 3.63) is 34.4 Å². The van der Waals surface area contributed by atoms with E-state index in [9.17, 15) is 0 Å². The standard InChI is InChI=1S/C15H25NOS/c1-10-6-11(2)15(12(3)7-10)14(16-5)9-18-13(4)8-17/h6-7,13-14,16-17H,8-9H2,1-5H3. The molecule has 0 saturated carbocycles. The van der Waals surface area contributed by atoms with Gasteiger partial charge in [0.1, 0.15) is 0 Å². The molecule has 1 aromatic rings. The van der Waals surface area contributed by atoms with Gasteiger partial charge in [-0.15, -0.1) is 0 Å². The predicted molar refractivity (Wildman–Crippen MR) is 81.5 cm³/mol. The van der Waals surface area contributed by atoms with Crippen LogP contribution in [-0.4, -0.2) is 29.8 Å². The van der Waals surface area contributed by atoms with Crippen LogP contribution in [0.4, 0.5) is 0 Å². The lowest BCUT2D eigenvalue weighted by atomic mass is 9.95. The zero-order chi connectivity index (χ0) is 13.7. The van der Waals surface area contributed by atoms with Crippen LogP contribution in [-0.2, 0) is 0 Å². The summed E-state index contributed by atoms with van der Waals surface area (Å²) in [5, 5.41) is 12.8. The molecule has 0 amide bonds. The molecule has 102 valence electrons. The molecule has 0 heterocycles. The highest BCUT2D eigenvalue weighted by atomic mass is 32.2. The third-order valence-corrected chi connectivity index (χ3v) is 4.48. The van der Waals surface area contributed by atoms with Gasteiger partial charge < -0.3 is 10.4 Å². The maximum atomic E-state index is 9.10. The van der Waals surface area contributed by atoms with Crippen molar-refractivity contribution in [2.24, 2.45) is 0 Å². The van der Waals surface area contributed by atoms with Gasteiger partial charge >= 0.3 is 0 Å². The van der Waals surface area contributed by atoms with Gasteiger partial charge in [0.05, 0.1) is 6.61 Å². The van der Waals surface area contributed by atoms with Crippen LogP contribution in [0.3, 0.4) is 0 Å². The fraction of sp³-hybridized carbons (Fsp3) is 0.600. The summed E-state index contributed by atoms with van der Waals surface area (Å²) in [6, 6.07) is 4.84. The Morgan fingerprint density at radius 3 is 2.22 bits per heavy atom. The molecule has 2 N–H and O–H groups in total. The first-order chi connectivity index (χ1) is 8.49. The van der Waals surface area contributed by atoms with E-state index in [2.05, 4.69) is 45.1 Å². The quantitative estimate of drug-likeness (QED) is 0.831. The number of rotatable bonds is 6. The van der Waals surface area contributed by atoms with Crippen LogP contribution in [0.5, 0.6) is 0 Å². The van der Waals surface area contributed by atoms with E-state index < -0.39 is 0 Å². The Morgan fingerprint density at radius 1 is 1.22 bits per heavy atom. The summed E-state index contributed by atoms with van der Waals surface area (Å²) in [4.78, 5) is 0. The van der Waals surface area contributed by atoms with E-state index in [4.69, 9.17) is 5.11 Å². The minimum atomic E-state index is 0.243. The molecule has 2 unspecified atom stereocenters. The highest BCUT2D eigenvalue weighted by molar-refractivity contribution is 7.99. The number of aliphatic hydroxyl groups is 1. The largest absolute Gasteiger partial charge is 0.395 e. The van der Waals surface area contributed by atoms with Crippen LogP contribution in [0.2, 0.25) is 0 Å². The van der Waals surface area contributed by atoms with E-state index in [1.54, 1.807) is 0 Å². The normalized spacial score (nSPS) is 14.6. The van der Waals surface area contributed by atoms with Crippen LogP contribution in [0.15, 0.2) is 12.1 Å². The maximum absolute atomic E-state index is 9.10. The summed E-state index contributed by atoms with van der Waals surface area (Å²) < 4.78 is 0. The Balaban J connectivity index is 2.88. The Morgan fingerprint density at radius 2 is 1.78 bits per heavy atom. The third-order valence-electron chi connectivity index (χ3n) is 3.24.